The first-order valence-corrected chi connectivity index (χ1v) is 6.49. The van der Waals surface area contributed by atoms with Gasteiger partial charge in [0.2, 0.25) is 0 Å². The minimum absolute atomic E-state index is 0.137. The molecule has 0 radical (unpaired) electrons. The first kappa shape index (κ1) is 12.8. The Labute approximate surface area is 95.9 Å². The van der Waals surface area contributed by atoms with Gasteiger partial charge < -0.3 is 9.47 Å². The highest BCUT2D eigenvalue weighted by molar-refractivity contribution is 7.99. The zero-order chi connectivity index (χ0) is 11.3. The van der Waals surface area contributed by atoms with Gasteiger partial charge in [-0.2, -0.15) is 11.8 Å². The quantitative estimate of drug-likeness (QED) is 0.680. The molecule has 15 heavy (non-hydrogen) atoms. The summed E-state index contributed by atoms with van der Waals surface area (Å²) >= 11 is 1.78. The highest BCUT2D eigenvalue weighted by atomic mass is 32.2. The van der Waals surface area contributed by atoms with E-state index in [0.717, 1.165) is 24.5 Å². The van der Waals surface area contributed by atoms with Crippen molar-refractivity contribution >= 4 is 17.7 Å². The van der Waals surface area contributed by atoms with E-state index in [1.54, 1.807) is 11.8 Å². The molecule has 0 aromatic heterocycles. The van der Waals surface area contributed by atoms with Gasteiger partial charge in [-0.1, -0.05) is 0 Å². The number of hydrogen-bond donors (Lipinski definition) is 0. The van der Waals surface area contributed by atoms with Crippen LogP contribution in [-0.4, -0.2) is 37.3 Å². The molecule has 1 fully saturated rings. The highest BCUT2D eigenvalue weighted by Gasteiger charge is 2.29. The molecule has 1 aliphatic heterocycles. The molecule has 0 N–H and O–H groups in total. The van der Waals surface area contributed by atoms with Crippen LogP contribution in [0.1, 0.15) is 26.7 Å². The first-order chi connectivity index (χ1) is 7.06. The van der Waals surface area contributed by atoms with Crippen molar-refractivity contribution in [1.29, 1.82) is 0 Å². The maximum absolute atomic E-state index is 11.4. The zero-order valence-corrected chi connectivity index (χ0v) is 10.6. The molecule has 0 aromatic rings. The maximum Gasteiger partial charge on any atom is 0.312 e. The van der Waals surface area contributed by atoms with Gasteiger partial charge in [-0.25, -0.2) is 0 Å². The summed E-state index contributed by atoms with van der Waals surface area (Å²) < 4.78 is 10.3. The Balaban J connectivity index is 2.20. The van der Waals surface area contributed by atoms with E-state index in [9.17, 15) is 4.79 Å². The van der Waals surface area contributed by atoms with Crippen LogP contribution in [0.3, 0.4) is 0 Å². The average Bonchev–Trinajstić information content (AvgIpc) is 2.69. The van der Waals surface area contributed by atoms with E-state index in [0.29, 0.717) is 6.10 Å². The van der Waals surface area contributed by atoms with Gasteiger partial charge in [-0.05, 0) is 26.7 Å². The number of carbonyl (C=O) groups is 1. The minimum Gasteiger partial charge on any atom is -0.469 e. The Bertz CT molecular complexity index is 210. The van der Waals surface area contributed by atoms with Crippen LogP contribution in [0, 0.1) is 5.41 Å². The van der Waals surface area contributed by atoms with E-state index in [1.807, 2.05) is 13.8 Å². The zero-order valence-electron chi connectivity index (χ0n) is 9.75. The lowest BCUT2D eigenvalue weighted by Gasteiger charge is -2.21. The largest absolute Gasteiger partial charge is 0.469 e. The summed E-state index contributed by atoms with van der Waals surface area (Å²) in [6, 6.07) is 0. The first-order valence-electron chi connectivity index (χ1n) is 5.34. The number of esters is 1. The number of thioether (sulfide) groups is 1. The summed E-state index contributed by atoms with van der Waals surface area (Å²) in [5, 5.41) is 0. The number of ether oxygens (including phenoxy) is 2. The van der Waals surface area contributed by atoms with Crippen LogP contribution in [0.15, 0.2) is 0 Å². The van der Waals surface area contributed by atoms with Crippen molar-refractivity contribution in [3.8, 4) is 0 Å². The molecule has 1 rings (SSSR count). The molecule has 0 spiro atoms. The Morgan fingerprint density at radius 2 is 2.33 bits per heavy atom. The second kappa shape index (κ2) is 5.75. The summed E-state index contributed by atoms with van der Waals surface area (Å²) in [4.78, 5) is 11.4. The van der Waals surface area contributed by atoms with Crippen LogP contribution in [0.2, 0.25) is 0 Å². The third-order valence-corrected chi connectivity index (χ3v) is 4.06. The molecule has 0 aliphatic carbocycles. The van der Waals surface area contributed by atoms with E-state index in [2.05, 4.69) is 0 Å². The van der Waals surface area contributed by atoms with E-state index in [-0.39, 0.29) is 5.97 Å². The SMILES string of the molecule is COC(=O)C(C)(C)CSCC1CCCO1. The van der Waals surface area contributed by atoms with Gasteiger partial charge >= 0.3 is 5.97 Å². The third kappa shape index (κ3) is 4.03. The van der Waals surface area contributed by atoms with Crippen LogP contribution < -0.4 is 0 Å². The molecule has 88 valence electrons. The molecule has 0 amide bonds. The molecule has 4 heteroatoms. The Hall–Kier alpha value is -0.220. The monoisotopic (exact) mass is 232 g/mol. The smallest absolute Gasteiger partial charge is 0.312 e. The molecule has 0 aromatic carbocycles. The van der Waals surface area contributed by atoms with E-state index < -0.39 is 5.41 Å². The summed E-state index contributed by atoms with van der Waals surface area (Å²) in [6.45, 7) is 4.73. The molecular formula is C11H20O3S. The molecule has 1 saturated heterocycles. The van der Waals surface area contributed by atoms with Crippen molar-refractivity contribution in [3.63, 3.8) is 0 Å². The standard InChI is InChI=1S/C11H20O3S/c1-11(2,10(12)13-3)8-15-7-9-5-4-6-14-9/h9H,4-8H2,1-3H3. The van der Waals surface area contributed by atoms with Crippen molar-refractivity contribution in [2.75, 3.05) is 25.2 Å². The fraction of sp³-hybridized carbons (Fsp3) is 0.909. The van der Waals surface area contributed by atoms with Crippen LogP contribution >= 0.6 is 11.8 Å². The molecule has 1 unspecified atom stereocenters. The van der Waals surface area contributed by atoms with Crippen molar-refractivity contribution in [3.05, 3.63) is 0 Å². The number of rotatable bonds is 5. The number of methoxy groups -OCH3 is 1. The average molecular weight is 232 g/mol. The summed E-state index contributed by atoms with van der Waals surface area (Å²) in [5.74, 6) is 1.64. The van der Waals surface area contributed by atoms with E-state index in [4.69, 9.17) is 9.47 Å². The van der Waals surface area contributed by atoms with Gasteiger partial charge in [0, 0.05) is 18.1 Å². The van der Waals surface area contributed by atoms with Gasteiger partial charge in [0.25, 0.3) is 0 Å². The van der Waals surface area contributed by atoms with E-state index >= 15 is 0 Å². The predicted molar refractivity (Wildman–Crippen MR) is 62.1 cm³/mol. The van der Waals surface area contributed by atoms with Crippen LogP contribution in [0.4, 0.5) is 0 Å². The van der Waals surface area contributed by atoms with Crippen molar-refractivity contribution in [2.45, 2.75) is 32.8 Å². The third-order valence-electron chi connectivity index (χ3n) is 2.53. The van der Waals surface area contributed by atoms with Gasteiger partial charge in [0.05, 0.1) is 18.6 Å². The Kier molecular flexibility index (Phi) is 4.93. The molecule has 1 aliphatic rings. The molecule has 0 saturated carbocycles. The van der Waals surface area contributed by atoms with E-state index in [1.165, 1.54) is 13.5 Å². The molecular weight excluding hydrogens is 212 g/mol. The van der Waals surface area contributed by atoms with Gasteiger partial charge in [0.15, 0.2) is 0 Å². The Morgan fingerprint density at radius 3 is 2.87 bits per heavy atom. The number of carbonyl (C=O) groups excluding carboxylic acids is 1. The summed E-state index contributed by atoms with van der Waals surface area (Å²) in [5.41, 5.74) is -0.391. The lowest BCUT2D eigenvalue weighted by Crippen LogP contribution is -2.28. The minimum atomic E-state index is -0.391. The van der Waals surface area contributed by atoms with Crippen LogP contribution in [0.5, 0.6) is 0 Å². The lowest BCUT2D eigenvalue weighted by molar-refractivity contribution is -0.149. The highest BCUT2D eigenvalue weighted by Crippen LogP contribution is 2.25. The summed E-state index contributed by atoms with van der Waals surface area (Å²) in [6.07, 6.45) is 2.72. The second-order valence-electron chi connectivity index (χ2n) is 4.53. The molecule has 1 atom stereocenters. The van der Waals surface area contributed by atoms with Crippen LogP contribution in [0.25, 0.3) is 0 Å². The molecule has 3 nitrogen and oxygen atoms in total. The number of hydrogen-bond acceptors (Lipinski definition) is 4. The Morgan fingerprint density at radius 1 is 1.60 bits per heavy atom. The fourth-order valence-corrected chi connectivity index (χ4v) is 2.83. The fourth-order valence-electron chi connectivity index (χ4n) is 1.56. The molecule has 1 heterocycles. The van der Waals surface area contributed by atoms with Gasteiger partial charge in [0.1, 0.15) is 0 Å². The lowest BCUT2D eigenvalue weighted by atomic mass is 9.97. The van der Waals surface area contributed by atoms with Gasteiger partial charge in [-0.15, -0.1) is 0 Å². The topological polar surface area (TPSA) is 35.5 Å². The molecule has 0 bridgehead atoms. The normalized spacial score (nSPS) is 21.7. The predicted octanol–water partition coefficient (Wildman–Crippen LogP) is 2.10. The second-order valence-corrected chi connectivity index (χ2v) is 5.56. The van der Waals surface area contributed by atoms with Crippen molar-refractivity contribution in [2.24, 2.45) is 5.41 Å². The van der Waals surface area contributed by atoms with Crippen LogP contribution in [-0.2, 0) is 14.3 Å². The van der Waals surface area contributed by atoms with Crippen molar-refractivity contribution < 1.29 is 14.3 Å². The maximum atomic E-state index is 11.4. The van der Waals surface area contributed by atoms with Gasteiger partial charge in [-0.3, -0.25) is 4.79 Å². The summed E-state index contributed by atoms with van der Waals surface area (Å²) in [7, 11) is 1.44. The van der Waals surface area contributed by atoms with Crippen molar-refractivity contribution in [1.82, 2.24) is 0 Å².